The molecule has 0 amide bonds. The van der Waals surface area contributed by atoms with E-state index in [1.807, 2.05) is 13.8 Å². The fraction of sp³-hybridized carbons (Fsp3) is 0.435. The second-order valence-electron chi connectivity index (χ2n) is 8.75. The first-order chi connectivity index (χ1) is 16.7. The minimum Gasteiger partial charge on any atom is -0.491 e. The highest BCUT2D eigenvalue weighted by Crippen LogP contribution is 2.38. The van der Waals surface area contributed by atoms with Gasteiger partial charge in [-0.05, 0) is 36.2 Å². The van der Waals surface area contributed by atoms with E-state index in [0.29, 0.717) is 12.1 Å². The van der Waals surface area contributed by atoms with E-state index < -0.39 is 63.9 Å². The first-order valence-electron chi connectivity index (χ1n) is 10.7. The molecule has 1 aliphatic rings. The van der Waals surface area contributed by atoms with Crippen LogP contribution >= 0.6 is 0 Å². The molecule has 2 aromatic carbocycles. The number of aliphatic hydroxyl groups excluding tert-OH is 1. The number of halogens is 4. The summed E-state index contributed by atoms with van der Waals surface area (Å²) in [6, 6.07) is 4.81. The van der Waals surface area contributed by atoms with Crippen molar-refractivity contribution in [2.24, 2.45) is 5.92 Å². The molecule has 0 bridgehead atoms. The van der Waals surface area contributed by atoms with E-state index in [-0.39, 0.29) is 29.7 Å². The molecule has 13 heteroatoms. The highest BCUT2D eigenvalue weighted by Gasteiger charge is 2.51. The van der Waals surface area contributed by atoms with Gasteiger partial charge in [0.15, 0.2) is 11.5 Å². The summed E-state index contributed by atoms with van der Waals surface area (Å²) < 4.78 is 91.1. The van der Waals surface area contributed by atoms with Crippen LogP contribution in [0.25, 0.3) is 4.85 Å². The smallest absolute Gasteiger partial charge is 0.416 e. The van der Waals surface area contributed by atoms with Gasteiger partial charge in [-0.3, -0.25) is 0 Å². The third-order valence-electron chi connectivity index (χ3n) is 5.49. The third kappa shape index (κ3) is 5.73. The second kappa shape index (κ2) is 10.2. The number of alkyl halides is 3. The number of hydrogen-bond acceptors (Lipinski definition) is 6. The Morgan fingerprint density at radius 2 is 1.86 bits per heavy atom. The maximum atomic E-state index is 14.3. The van der Waals surface area contributed by atoms with E-state index in [0.717, 1.165) is 28.6 Å². The number of sulfonamides is 1. The van der Waals surface area contributed by atoms with Crippen LogP contribution in [0.3, 0.4) is 0 Å². The predicted octanol–water partition coefficient (Wildman–Crippen LogP) is 3.61. The molecule has 1 fully saturated rings. The summed E-state index contributed by atoms with van der Waals surface area (Å²) in [5.41, 5.74) is -3.49. The van der Waals surface area contributed by atoms with E-state index in [2.05, 4.69) is 4.85 Å². The Morgan fingerprint density at radius 1 is 1.22 bits per heavy atom. The molecule has 196 valence electrons. The van der Waals surface area contributed by atoms with Crippen LogP contribution in [-0.4, -0.2) is 60.9 Å². The Morgan fingerprint density at radius 3 is 2.39 bits per heavy atom. The number of rotatable bonds is 8. The van der Waals surface area contributed by atoms with Gasteiger partial charge in [-0.25, -0.2) is 17.7 Å². The van der Waals surface area contributed by atoms with Gasteiger partial charge in [0.05, 0.1) is 36.8 Å². The normalized spacial score (nSPS) is 20.9. The van der Waals surface area contributed by atoms with Crippen LogP contribution < -0.4 is 9.47 Å². The Hall–Kier alpha value is -2.92. The molecule has 1 saturated heterocycles. The fourth-order valence-corrected chi connectivity index (χ4v) is 5.00. The average Bonchev–Trinajstić information content (AvgIpc) is 3.15. The number of nitrogens with zero attached hydrogens (tertiary/aromatic N) is 2. The summed E-state index contributed by atoms with van der Waals surface area (Å²) in [6.07, 6.45) is -6.05. The first-order valence-corrected chi connectivity index (χ1v) is 12.2. The summed E-state index contributed by atoms with van der Waals surface area (Å²) in [5, 5.41) is 20.7. The number of hydrogen-bond donors (Lipinski definition) is 2. The fourth-order valence-electron chi connectivity index (χ4n) is 3.50. The Balaban J connectivity index is 1.91. The Kier molecular flexibility index (Phi) is 7.85. The van der Waals surface area contributed by atoms with Crippen LogP contribution in [0, 0.1) is 18.3 Å². The molecular formula is C23H24F4N2O6S. The monoisotopic (exact) mass is 532 g/mol. The van der Waals surface area contributed by atoms with Crippen molar-refractivity contribution >= 4 is 15.7 Å². The number of β-amino-alcohol motifs (C(OH)–C–C–N with tert-alkyl or cyclic N) is 1. The van der Waals surface area contributed by atoms with Crippen LogP contribution in [0.2, 0.25) is 0 Å². The highest BCUT2D eigenvalue weighted by atomic mass is 32.2. The van der Waals surface area contributed by atoms with Gasteiger partial charge in [-0.1, -0.05) is 13.8 Å². The van der Waals surface area contributed by atoms with Crippen LogP contribution in [0.4, 0.5) is 23.2 Å². The van der Waals surface area contributed by atoms with Crippen molar-refractivity contribution in [2.75, 3.05) is 26.3 Å². The summed E-state index contributed by atoms with van der Waals surface area (Å²) in [6.45, 7) is 8.91. The molecule has 36 heavy (non-hydrogen) atoms. The Labute approximate surface area is 205 Å². The van der Waals surface area contributed by atoms with Gasteiger partial charge in [0.2, 0.25) is 15.7 Å². The van der Waals surface area contributed by atoms with Crippen LogP contribution in [0.15, 0.2) is 41.3 Å². The third-order valence-corrected chi connectivity index (χ3v) is 7.31. The maximum Gasteiger partial charge on any atom is 0.416 e. The van der Waals surface area contributed by atoms with Crippen molar-refractivity contribution in [3.8, 4) is 11.5 Å². The van der Waals surface area contributed by atoms with E-state index >= 15 is 0 Å². The van der Waals surface area contributed by atoms with E-state index in [4.69, 9.17) is 16.0 Å². The van der Waals surface area contributed by atoms with Gasteiger partial charge in [0, 0.05) is 12.6 Å². The van der Waals surface area contributed by atoms with Crippen LogP contribution in [0.1, 0.15) is 19.4 Å². The summed E-state index contributed by atoms with van der Waals surface area (Å²) in [4.78, 5) is 2.61. The molecule has 0 spiro atoms. The SMILES string of the molecule is [C-]#[N+]c1cc(OCC(C)C)c(O[C@H]2CN(S(=O)(=O)c3ccc(C(F)(F)F)cc3)C[C@@]2(O)CO)cc1F. The van der Waals surface area contributed by atoms with E-state index in [9.17, 15) is 36.2 Å². The number of benzene rings is 2. The predicted molar refractivity (Wildman–Crippen MR) is 120 cm³/mol. The zero-order valence-electron chi connectivity index (χ0n) is 19.3. The van der Waals surface area contributed by atoms with Gasteiger partial charge < -0.3 is 19.7 Å². The minimum atomic E-state index is -4.65. The summed E-state index contributed by atoms with van der Waals surface area (Å²) >= 11 is 0. The lowest BCUT2D eigenvalue weighted by atomic mass is 10.0. The minimum absolute atomic E-state index is 0.0135. The molecule has 1 aliphatic heterocycles. The lowest BCUT2D eigenvalue weighted by molar-refractivity contribution is -0.137. The van der Waals surface area contributed by atoms with Crippen molar-refractivity contribution in [3.63, 3.8) is 0 Å². The quantitative estimate of drug-likeness (QED) is 0.398. The van der Waals surface area contributed by atoms with Gasteiger partial charge in [-0.15, -0.1) is 0 Å². The topological polar surface area (TPSA) is 101 Å². The van der Waals surface area contributed by atoms with Crippen LogP contribution in [0.5, 0.6) is 11.5 Å². The van der Waals surface area contributed by atoms with E-state index in [1.54, 1.807) is 0 Å². The molecule has 1 heterocycles. The molecule has 0 aliphatic carbocycles. The van der Waals surface area contributed by atoms with Gasteiger partial charge in [-0.2, -0.15) is 17.5 Å². The zero-order chi connectivity index (χ0) is 26.9. The molecular weight excluding hydrogens is 508 g/mol. The first kappa shape index (κ1) is 27.7. The molecule has 0 aromatic heterocycles. The van der Waals surface area contributed by atoms with Gasteiger partial charge >= 0.3 is 6.18 Å². The molecule has 3 rings (SSSR count). The van der Waals surface area contributed by atoms with Crippen molar-refractivity contribution < 1.29 is 45.7 Å². The van der Waals surface area contributed by atoms with Gasteiger partial charge in [0.1, 0.15) is 17.5 Å². The van der Waals surface area contributed by atoms with Crippen molar-refractivity contribution in [3.05, 3.63) is 59.2 Å². The van der Waals surface area contributed by atoms with Gasteiger partial charge in [0.25, 0.3) is 0 Å². The number of aliphatic hydroxyl groups is 2. The standard InChI is InChI=1S/C23H24F4N2O6S/c1-14(2)11-34-19-9-18(28-3)17(24)8-20(19)35-21-10-29(12-22(21,31)13-30)36(32,33)16-6-4-15(5-7-16)23(25,26)27/h4-9,14,21,30-31H,10-13H2,1-2H3/t21-,22+/m0/s1. The van der Waals surface area contributed by atoms with Crippen molar-refractivity contribution in [1.29, 1.82) is 0 Å². The zero-order valence-corrected chi connectivity index (χ0v) is 20.1. The average molecular weight is 533 g/mol. The van der Waals surface area contributed by atoms with Crippen molar-refractivity contribution in [2.45, 2.75) is 36.6 Å². The largest absolute Gasteiger partial charge is 0.491 e. The van der Waals surface area contributed by atoms with Crippen molar-refractivity contribution in [1.82, 2.24) is 4.31 Å². The molecule has 0 saturated carbocycles. The van der Waals surface area contributed by atoms with E-state index in [1.165, 1.54) is 0 Å². The molecule has 2 N–H and O–H groups in total. The molecule has 2 aromatic rings. The molecule has 8 nitrogen and oxygen atoms in total. The molecule has 0 unspecified atom stereocenters. The summed E-state index contributed by atoms with van der Waals surface area (Å²) in [5.74, 6) is -1.10. The van der Waals surface area contributed by atoms with Crippen LogP contribution in [-0.2, 0) is 16.2 Å². The molecule has 2 atom stereocenters. The lowest BCUT2D eigenvalue weighted by Gasteiger charge is -2.28. The second-order valence-corrected chi connectivity index (χ2v) is 10.7. The lowest BCUT2D eigenvalue weighted by Crippen LogP contribution is -2.48. The molecule has 0 radical (unpaired) electrons. The maximum absolute atomic E-state index is 14.3. The Bertz CT molecular complexity index is 1240. The highest BCUT2D eigenvalue weighted by molar-refractivity contribution is 7.89. The number of ether oxygens (including phenoxy) is 2. The summed E-state index contributed by atoms with van der Waals surface area (Å²) in [7, 11) is -4.39.